The van der Waals surface area contributed by atoms with Crippen LogP contribution in [-0.4, -0.2) is 13.1 Å². The fraction of sp³-hybridized carbons (Fsp3) is 0.333. The SMILES string of the molecule is COC1(OP=O)OOC1c1ccccc1. The molecule has 0 aliphatic carbocycles. The molecule has 5 nitrogen and oxygen atoms in total. The fourth-order valence-corrected chi connectivity index (χ4v) is 1.66. The van der Waals surface area contributed by atoms with E-state index >= 15 is 0 Å². The van der Waals surface area contributed by atoms with Crippen LogP contribution in [0.25, 0.3) is 0 Å². The second-order valence-corrected chi connectivity index (χ2v) is 3.28. The van der Waals surface area contributed by atoms with Gasteiger partial charge in [-0.2, -0.15) is 4.89 Å². The van der Waals surface area contributed by atoms with Gasteiger partial charge in [-0.05, 0) is 5.56 Å². The highest BCUT2D eigenvalue weighted by Crippen LogP contribution is 2.45. The molecule has 80 valence electrons. The second kappa shape index (κ2) is 4.35. The smallest absolute Gasteiger partial charge is 0.326 e. The first-order valence-electron chi connectivity index (χ1n) is 4.28. The Balaban J connectivity index is 2.20. The van der Waals surface area contributed by atoms with Crippen molar-refractivity contribution < 1.29 is 23.6 Å². The van der Waals surface area contributed by atoms with Gasteiger partial charge < -0.3 is 4.74 Å². The van der Waals surface area contributed by atoms with Crippen LogP contribution in [0.5, 0.6) is 0 Å². The number of ether oxygens (including phenoxy) is 1. The minimum absolute atomic E-state index is 0.524. The van der Waals surface area contributed by atoms with Crippen LogP contribution in [0.2, 0.25) is 0 Å². The van der Waals surface area contributed by atoms with E-state index in [1.165, 1.54) is 7.11 Å². The third kappa shape index (κ3) is 1.80. The molecule has 0 saturated carbocycles. The molecule has 1 heterocycles. The topological polar surface area (TPSA) is 54.0 Å². The second-order valence-electron chi connectivity index (χ2n) is 2.94. The maximum atomic E-state index is 10.4. The maximum Gasteiger partial charge on any atom is 0.356 e. The van der Waals surface area contributed by atoms with Crippen molar-refractivity contribution in [1.29, 1.82) is 0 Å². The summed E-state index contributed by atoms with van der Waals surface area (Å²) in [4.78, 5) is 9.61. The summed E-state index contributed by atoms with van der Waals surface area (Å²) in [5.74, 6) is -1.41. The molecule has 15 heavy (non-hydrogen) atoms. The third-order valence-electron chi connectivity index (χ3n) is 2.13. The standard InChI is InChI=1S/C9H9O5P/c1-11-9(14-15-10)8(12-13-9)7-5-3-2-4-6-7/h2-6,8H,1H3. The molecule has 0 spiro atoms. The first kappa shape index (κ1) is 10.7. The molecule has 0 amide bonds. The van der Waals surface area contributed by atoms with Crippen molar-refractivity contribution in [3.8, 4) is 0 Å². The molecule has 0 radical (unpaired) electrons. The quantitative estimate of drug-likeness (QED) is 0.449. The lowest BCUT2D eigenvalue weighted by molar-refractivity contribution is -0.624. The highest BCUT2D eigenvalue weighted by Gasteiger charge is 2.56. The van der Waals surface area contributed by atoms with Crippen LogP contribution >= 0.6 is 8.69 Å². The molecule has 2 atom stereocenters. The average molecular weight is 228 g/mol. The largest absolute Gasteiger partial charge is 0.356 e. The molecule has 1 aromatic rings. The number of hydrogen-bond acceptors (Lipinski definition) is 5. The van der Waals surface area contributed by atoms with E-state index in [4.69, 9.17) is 19.0 Å². The van der Waals surface area contributed by atoms with Gasteiger partial charge in [-0.1, -0.05) is 30.3 Å². The van der Waals surface area contributed by atoms with Crippen molar-refractivity contribution >= 4 is 8.69 Å². The van der Waals surface area contributed by atoms with E-state index in [2.05, 4.69) is 0 Å². The van der Waals surface area contributed by atoms with Crippen LogP contribution in [0.3, 0.4) is 0 Å². The Morgan fingerprint density at radius 3 is 2.60 bits per heavy atom. The van der Waals surface area contributed by atoms with E-state index in [0.29, 0.717) is 0 Å². The lowest BCUT2D eigenvalue weighted by atomic mass is 10.1. The molecule has 2 unspecified atom stereocenters. The highest BCUT2D eigenvalue weighted by molar-refractivity contribution is 7.17. The average Bonchev–Trinajstić information content (AvgIpc) is 2.26. The molecule has 6 heteroatoms. The predicted molar refractivity (Wildman–Crippen MR) is 49.8 cm³/mol. The number of benzene rings is 1. The molecule has 0 aromatic heterocycles. The van der Waals surface area contributed by atoms with Gasteiger partial charge in [0.05, 0.1) is 0 Å². The van der Waals surface area contributed by atoms with E-state index in [-0.39, 0.29) is 0 Å². The Hall–Kier alpha value is -0.840. The zero-order valence-corrected chi connectivity index (χ0v) is 8.85. The Morgan fingerprint density at radius 2 is 2.13 bits per heavy atom. The van der Waals surface area contributed by atoms with Gasteiger partial charge >= 0.3 is 14.7 Å². The van der Waals surface area contributed by atoms with Gasteiger partial charge in [-0.3, -0.25) is 0 Å². The molecule has 1 fully saturated rings. The molecule has 1 aliphatic rings. The van der Waals surface area contributed by atoms with E-state index in [1.54, 1.807) is 0 Å². The minimum atomic E-state index is -1.41. The Morgan fingerprint density at radius 1 is 1.40 bits per heavy atom. The van der Waals surface area contributed by atoms with E-state index in [9.17, 15) is 4.57 Å². The van der Waals surface area contributed by atoms with Gasteiger partial charge in [-0.25, -0.2) is 14.0 Å². The monoisotopic (exact) mass is 228 g/mol. The molecular formula is C9H9O5P. The first-order valence-corrected chi connectivity index (χ1v) is 5.01. The summed E-state index contributed by atoms with van der Waals surface area (Å²) in [6.07, 6.45) is -0.537. The maximum absolute atomic E-state index is 10.4. The summed E-state index contributed by atoms with van der Waals surface area (Å²) in [7, 11) is 0.869. The summed E-state index contributed by atoms with van der Waals surface area (Å²) in [6, 6.07) is 9.26. The minimum Gasteiger partial charge on any atom is -0.326 e. The van der Waals surface area contributed by atoms with Gasteiger partial charge in [0, 0.05) is 7.11 Å². The molecule has 2 rings (SSSR count). The van der Waals surface area contributed by atoms with Crippen molar-refractivity contribution in [2.24, 2.45) is 0 Å². The van der Waals surface area contributed by atoms with Crippen LogP contribution < -0.4 is 0 Å². The fourth-order valence-electron chi connectivity index (χ4n) is 1.36. The van der Waals surface area contributed by atoms with Crippen molar-refractivity contribution in [3.63, 3.8) is 0 Å². The zero-order chi connectivity index (χ0) is 10.7. The Bertz CT molecular complexity index is 340. The molecule has 1 saturated heterocycles. The van der Waals surface area contributed by atoms with E-state index < -0.39 is 20.8 Å². The summed E-state index contributed by atoms with van der Waals surface area (Å²) in [5.41, 5.74) is 0.828. The predicted octanol–water partition coefficient (Wildman–Crippen LogP) is 2.21. The number of methoxy groups -OCH3 is 1. The molecule has 0 bridgehead atoms. The summed E-state index contributed by atoms with van der Waals surface area (Å²) in [6.45, 7) is 0. The van der Waals surface area contributed by atoms with Gasteiger partial charge in [0.15, 0.2) is 0 Å². The van der Waals surface area contributed by atoms with Gasteiger partial charge in [-0.15, -0.1) is 0 Å². The van der Waals surface area contributed by atoms with Gasteiger partial charge in [0.25, 0.3) is 0 Å². The molecule has 1 aromatic carbocycles. The van der Waals surface area contributed by atoms with Crippen molar-refractivity contribution in [1.82, 2.24) is 0 Å². The van der Waals surface area contributed by atoms with Gasteiger partial charge in [0.2, 0.25) is 6.10 Å². The zero-order valence-electron chi connectivity index (χ0n) is 7.95. The van der Waals surface area contributed by atoms with Crippen LogP contribution in [0, 0.1) is 0 Å². The Labute approximate surface area is 88.1 Å². The van der Waals surface area contributed by atoms with Crippen molar-refractivity contribution in [3.05, 3.63) is 35.9 Å². The van der Waals surface area contributed by atoms with Crippen LogP contribution in [0.15, 0.2) is 30.3 Å². The molecule has 1 aliphatic heterocycles. The first-order chi connectivity index (χ1) is 7.32. The lowest BCUT2D eigenvalue weighted by Gasteiger charge is -2.42. The molecular weight excluding hydrogens is 219 g/mol. The van der Waals surface area contributed by atoms with Crippen molar-refractivity contribution in [2.45, 2.75) is 12.1 Å². The van der Waals surface area contributed by atoms with Gasteiger partial charge in [0.1, 0.15) is 0 Å². The highest BCUT2D eigenvalue weighted by atomic mass is 31.1. The summed E-state index contributed by atoms with van der Waals surface area (Å²) >= 11 is 0. The van der Waals surface area contributed by atoms with E-state index in [0.717, 1.165) is 5.56 Å². The normalized spacial score (nSPS) is 30.1. The van der Waals surface area contributed by atoms with Crippen molar-refractivity contribution in [2.75, 3.05) is 7.11 Å². The van der Waals surface area contributed by atoms with Crippen LogP contribution in [0.4, 0.5) is 0 Å². The Kier molecular flexibility index (Phi) is 3.09. The van der Waals surface area contributed by atoms with Crippen LogP contribution in [0.1, 0.15) is 11.7 Å². The lowest BCUT2D eigenvalue weighted by Crippen LogP contribution is -2.52. The number of hydrogen-bond donors (Lipinski definition) is 0. The summed E-state index contributed by atoms with van der Waals surface area (Å²) < 4.78 is 20.2. The van der Waals surface area contributed by atoms with E-state index in [1.807, 2.05) is 30.3 Å². The summed E-state index contributed by atoms with van der Waals surface area (Å²) in [5, 5.41) is 0. The molecule has 0 N–H and O–H groups in total. The number of rotatable bonds is 4. The third-order valence-corrected chi connectivity index (χ3v) is 2.46. The van der Waals surface area contributed by atoms with Crippen LogP contribution in [-0.2, 0) is 23.6 Å².